The van der Waals surface area contributed by atoms with E-state index in [-0.39, 0.29) is 17.9 Å². The van der Waals surface area contributed by atoms with Gasteiger partial charge in [-0.15, -0.1) is 0 Å². The molecule has 2 N–H and O–H groups in total. The number of piperidine rings is 1. The lowest BCUT2D eigenvalue weighted by Gasteiger charge is -2.34. The molecule has 2 saturated carbocycles. The van der Waals surface area contributed by atoms with Gasteiger partial charge in [-0.3, -0.25) is 9.69 Å². The number of aliphatic hydroxyl groups is 1. The van der Waals surface area contributed by atoms with Crippen LogP contribution in [-0.2, 0) is 10.4 Å². The van der Waals surface area contributed by atoms with Crippen molar-refractivity contribution in [2.75, 3.05) is 13.1 Å². The largest absolute Gasteiger partial charge is 0.375 e. The predicted octanol–water partition coefficient (Wildman–Crippen LogP) is 4.18. The molecule has 0 aromatic heterocycles. The number of carbonyl (C=O) groups excluding carboxylic acids is 1. The minimum absolute atomic E-state index is 0.00606. The van der Waals surface area contributed by atoms with Crippen molar-refractivity contribution in [1.82, 2.24) is 10.2 Å². The number of hydrogen-bond acceptors (Lipinski definition) is 3. The first-order chi connectivity index (χ1) is 15.0. The summed E-state index contributed by atoms with van der Waals surface area (Å²) in [5, 5.41) is 14.9. The minimum Gasteiger partial charge on any atom is -0.375 e. The summed E-state index contributed by atoms with van der Waals surface area (Å²) >= 11 is 0. The molecular weight excluding hydrogens is 384 g/mol. The van der Waals surface area contributed by atoms with Gasteiger partial charge in [0, 0.05) is 31.1 Å². The molecule has 2 aromatic carbocycles. The van der Waals surface area contributed by atoms with E-state index in [9.17, 15) is 9.90 Å². The molecule has 2 aromatic rings. The molecule has 1 heterocycles. The van der Waals surface area contributed by atoms with E-state index >= 15 is 0 Å². The van der Waals surface area contributed by atoms with Crippen LogP contribution >= 0.6 is 0 Å². The Morgan fingerprint density at radius 2 is 1.65 bits per heavy atom. The number of carbonyl (C=O) groups is 1. The molecule has 1 aliphatic heterocycles. The highest BCUT2D eigenvalue weighted by molar-refractivity contribution is 5.87. The van der Waals surface area contributed by atoms with Gasteiger partial charge in [0.05, 0.1) is 0 Å². The molecule has 5 rings (SSSR count). The van der Waals surface area contributed by atoms with Crippen molar-refractivity contribution in [2.24, 2.45) is 17.8 Å². The summed E-state index contributed by atoms with van der Waals surface area (Å²) in [6.07, 6.45) is 4.01. The summed E-state index contributed by atoms with van der Waals surface area (Å²) in [7, 11) is 0. The molecule has 0 bridgehead atoms. The second-order valence-corrected chi connectivity index (χ2v) is 9.98. The molecule has 1 amide bonds. The Bertz CT molecular complexity index is 910. The fourth-order valence-corrected chi connectivity index (χ4v) is 5.99. The number of nitrogens with zero attached hydrogens (tertiary/aromatic N) is 1. The van der Waals surface area contributed by atoms with E-state index in [2.05, 4.69) is 48.3 Å². The van der Waals surface area contributed by atoms with Gasteiger partial charge >= 0.3 is 0 Å². The van der Waals surface area contributed by atoms with Gasteiger partial charge < -0.3 is 10.4 Å². The molecule has 5 atom stereocenters. The Morgan fingerprint density at radius 3 is 2.26 bits per heavy atom. The van der Waals surface area contributed by atoms with Crippen molar-refractivity contribution in [2.45, 2.75) is 57.2 Å². The predicted molar refractivity (Wildman–Crippen MR) is 122 cm³/mol. The first-order valence-electron chi connectivity index (χ1n) is 11.9. The number of likely N-dealkylation sites (tertiary alicyclic amines) is 1. The van der Waals surface area contributed by atoms with Gasteiger partial charge in [0.2, 0.25) is 0 Å². The zero-order valence-electron chi connectivity index (χ0n) is 18.6. The first-order valence-corrected chi connectivity index (χ1v) is 11.9. The third-order valence-electron chi connectivity index (χ3n) is 8.13. The molecule has 31 heavy (non-hydrogen) atoms. The van der Waals surface area contributed by atoms with Crippen molar-refractivity contribution in [1.29, 1.82) is 0 Å². The molecular formula is C27H34N2O2. The highest BCUT2D eigenvalue weighted by Crippen LogP contribution is 2.49. The Hall–Kier alpha value is -2.17. The topological polar surface area (TPSA) is 52.6 Å². The van der Waals surface area contributed by atoms with Crippen molar-refractivity contribution >= 4 is 5.91 Å². The number of fused-ring (bicyclic) bond motifs is 1. The second-order valence-electron chi connectivity index (χ2n) is 9.98. The highest BCUT2D eigenvalue weighted by atomic mass is 16.3. The van der Waals surface area contributed by atoms with Gasteiger partial charge in [-0.2, -0.15) is 0 Å². The van der Waals surface area contributed by atoms with Gasteiger partial charge in [-0.25, -0.2) is 0 Å². The summed E-state index contributed by atoms with van der Waals surface area (Å²) < 4.78 is 0. The summed E-state index contributed by atoms with van der Waals surface area (Å²) in [4.78, 5) is 16.0. The molecule has 2 aliphatic carbocycles. The van der Waals surface area contributed by atoms with Crippen LogP contribution in [0.3, 0.4) is 0 Å². The molecule has 0 radical (unpaired) electrons. The molecule has 4 heteroatoms. The van der Waals surface area contributed by atoms with E-state index in [0.29, 0.717) is 17.9 Å². The number of rotatable bonds is 6. The second kappa shape index (κ2) is 8.07. The quantitative estimate of drug-likeness (QED) is 0.740. The minimum atomic E-state index is -1.41. The summed E-state index contributed by atoms with van der Waals surface area (Å²) in [5.41, 5.74) is 1.96. The molecule has 0 spiro atoms. The maximum Gasteiger partial charge on any atom is 0.257 e. The molecule has 4 nitrogen and oxygen atoms in total. The van der Waals surface area contributed by atoms with E-state index in [4.69, 9.17) is 0 Å². The van der Waals surface area contributed by atoms with E-state index in [0.717, 1.165) is 44.3 Å². The number of nitrogens with one attached hydrogen (secondary N) is 1. The highest BCUT2D eigenvalue weighted by Gasteiger charge is 2.59. The van der Waals surface area contributed by atoms with E-state index in [1.165, 1.54) is 11.1 Å². The van der Waals surface area contributed by atoms with E-state index in [1.54, 1.807) is 0 Å². The van der Waals surface area contributed by atoms with Crippen LogP contribution < -0.4 is 5.32 Å². The van der Waals surface area contributed by atoms with Crippen LogP contribution in [0.2, 0.25) is 0 Å². The number of benzene rings is 2. The number of amides is 1. The Balaban J connectivity index is 1.24. The first kappa shape index (κ1) is 20.7. The molecule has 1 saturated heterocycles. The third kappa shape index (κ3) is 3.70. The van der Waals surface area contributed by atoms with Crippen LogP contribution in [0.25, 0.3) is 0 Å². The molecule has 3 aliphatic rings. The van der Waals surface area contributed by atoms with Crippen LogP contribution in [0.5, 0.6) is 0 Å². The fourth-order valence-electron chi connectivity index (χ4n) is 5.99. The average molecular weight is 419 g/mol. The van der Waals surface area contributed by atoms with Crippen molar-refractivity contribution in [3.8, 4) is 0 Å². The lowest BCUT2D eigenvalue weighted by Crippen LogP contribution is -2.51. The smallest absolute Gasteiger partial charge is 0.257 e. The fraction of sp³-hybridized carbons (Fsp3) is 0.519. The Labute approximate surface area is 185 Å². The van der Waals surface area contributed by atoms with Gasteiger partial charge in [-0.1, -0.05) is 73.0 Å². The summed E-state index contributed by atoms with van der Waals surface area (Å²) in [6, 6.07) is 19.0. The van der Waals surface area contributed by atoms with Crippen molar-refractivity contribution in [3.63, 3.8) is 0 Å². The maximum absolute atomic E-state index is 13.4. The standard InChI is InChI=1S/C27H34N2O2/c1-18-12-14-20(15-13-18)19(2)29-16-23-24(17-29)25(23)28-26(30)27(31,22-10-6-7-11-22)21-8-4-3-5-9-21/h3-5,8-9,12-15,19,22-25,31H,6-7,10-11,16-17H2,1-2H3,(H,28,30)/t19?,23-,24+,25?,27?. The molecule has 3 unspecified atom stereocenters. The molecule has 164 valence electrons. The number of aryl methyl sites for hydroxylation is 1. The van der Waals surface area contributed by atoms with Gasteiger partial charge in [-0.05, 0) is 49.7 Å². The lowest BCUT2D eigenvalue weighted by atomic mass is 9.79. The van der Waals surface area contributed by atoms with Crippen molar-refractivity contribution < 1.29 is 9.90 Å². The number of hydrogen-bond donors (Lipinski definition) is 2. The summed E-state index contributed by atoms with van der Waals surface area (Å²) in [5.74, 6) is 0.815. The van der Waals surface area contributed by atoms with Crippen LogP contribution in [0.1, 0.15) is 55.3 Å². The lowest BCUT2D eigenvalue weighted by molar-refractivity contribution is -0.147. The molecule has 3 fully saturated rings. The van der Waals surface area contributed by atoms with Gasteiger partial charge in [0.25, 0.3) is 5.91 Å². The maximum atomic E-state index is 13.4. The van der Waals surface area contributed by atoms with Gasteiger partial charge in [0.15, 0.2) is 5.60 Å². The van der Waals surface area contributed by atoms with Crippen molar-refractivity contribution in [3.05, 3.63) is 71.3 Å². The zero-order chi connectivity index (χ0) is 21.6. The summed E-state index contributed by atoms with van der Waals surface area (Å²) in [6.45, 7) is 6.42. The van der Waals surface area contributed by atoms with E-state index < -0.39 is 5.60 Å². The van der Waals surface area contributed by atoms with Gasteiger partial charge in [0.1, 0.15) is 0 Å². The monoisotopic (exact) mass is 418 g/mol. The van der Waals surface area contributed by atoms with Crippen LogP contribution in [0.15, 0.2) is 54.6 Å². The zero-order valence-corrected chi connectivity index (χ0v) is 18.6. The van der Waals surface area contributed by atoms with E-state index in [1.807, 2.05) is 30.3 Å². The SMILES string of the molecule is Cc1ccc(C(C)N2C[C@@H]3C(NC(=O)C(O)(c4ccccc4)C4CCCC4)[C@@H]3C2)cc1. The van der Waals surface area contributed by atoms with Crippen LogP contribution in [0, 0.1) is 24.7 Å². The Kier molecular flexibility index (Phi) is 5.39. The Morgan fingerprint density at radius 1 is 1.03 bits per heavy atom. The van der Waals surface area contributed by atoms with Crippen LogP contribution in [0.4, 0.5) is 0 Å². The normalized spacial score (nSPS) is 28.7. The van der Waals surface area contributed by atoms with Crippen LogP contribution in [-0.4, -0.2) is 35.0 Å². The third-order valence-corrected chi connectivity index (χ3v) is 8.13. The average Bonchev–Trinajstić information content (AvgIpc) is 3.21.